The Hall–Kier alpha value is -2.29. The molecule has 0 aromatic heterocycles. The number of amides is 3. The number of hydrogen-bond acceptors (Lipinski definition) is 6. The first kappa shape index (κ1) is 17.1. The van der Waals surface area contributed by atoms with Crippen LogP contribution in [0.1, 0.15) is 34.3 Å². The van der Waals surface area contributed by atoms with Gasteiger partial charge in [-0.3, -0.25) is 19.7 Å². The first-order chi connectivity index (χ1) is 12.5. The van der Waals surface area contributed by atoms with Crippen LogP contribution in [0.2, 0.25) is 0 Å². The Bertz CT molecular complexity index is 766. The predicted molar refractivity (Wildman–Crippen MR) is 91.9 cm³/mol. The van der Waals surface area contributed by atoms with Crippen molar-refractivity contribution in [2.24, 2.45) is 5.73 Å². The van der Waals surface area contributed by atoms with Gasteiger partial charge >= 0.3 is 0 Å². The van der Waals surface area contributed by atoms with Crippen molar-refractivity contribution in [2.45, 2.75) is 44.1 Å². The smallest absolute Gasteiger partial charge is 0.255 e. The minimum atomic E-state index is -0.581. The summed E-state index contributed by atoms with van der Waals surface area (Å²) in [6.45, 7) is 2.14. The fourth-order valence-electron chi connectivity index (χ4n) is 3.74. The second-order valence-corrected chi connectivity index (χ2v) is 7.08. The summed E-state index contributed by atoms with van der Waals surface area (Å²) in [6.07, 6.45) is 0.633. The molecule has 3 amide bonds. The van der Waals surface area contributed by atoms with Crippen LogP contribution in [0.5, 0.6) is 0 Å². The molecule has 0 spiro atoms. The van der Waals surface area contributed by atoms with Gasteiger partial charge in [-0.2, -0.15) is 0 Å². The van der Waals surface area contributed by atoms with Crippen molar-refractivity contribution in [2.75, 3.05) is 13.2 Å². The molecule has 8 heteroatoms. The molecule has 26 heavy (non-hydrogen) atoms. The van der Waals surface area contributed by atoms with Gasteiger partial charge in [-0.1, -0.05) is 12.1 Å². The average molecular weight is 358 g/mol. The normalized spacial score (nSPS) is 28.4. The van der Waals surface area contributed by atoms with Crippen LogP contribution in [-0.2, 0) is 27.4 Å². The summed E-state index contributed by atoms with van der Waals surface area (Å²) in [5.41, 5.74) is 8.49. The first-order valence-electron chi connectivity index (χ1n) is 8.86. The Morgan fingerprint density at radius 1 is 1.27 bits per heavy atom. The van der Waals surface area contributed by atoms with E-state index in [-0.39, 0.29) is 36.2 Å². The summed E-state index contributed by atoms with van der Waals surface area (Å²) in [5, 5.41) is 5.68. The van der Waals surface area contributed by atoms with Crippen molar-refractivity contribution in [3.63, 3.8) is 0 Å². The fourth-order valence-corrected chi connectivity index (χ4v) is 3.74. The maximum Gasteiger partial charge on any atom is 0.255 e. The third-order valence-electron chi connectivity index (χ3n) is 5.29. The molecule has 4 rings (SSSR count). The van der Waals surface area contributed by atoms with Gasteiger partial charge < -0.3 is 20.7 Å². The molecule has 138 valence electrons. The van der Waals surface area contributed by atoms with Crippen molar-refractivity contribution in [3.8, 4) is 0 Å². The molecule has 2 fully saturated rings. The lowest BCUT2D eigenvalue weighted by atomic mass is 10.0. The van der Waals surface area contributed by atoms with Crippen LogP contribution in [0.4, 0.5) is 0 Å². The number of fused-ring (bicyclic) bond motifs is 1. The molecule has 8 nitrogen and oxygen atoms in total. The molecule has 1 unspecified atom stereocenters. The van der Waals surface area contributed by atoms with Crippen LogP contribution in [0.15, 0.2) is 18.2 Å². The van der Waals surface area contributed by atoms with E-state index >= 15 is 0 Å². The van der Waals surface area contributed by atoms with Crippen molar-refractivity contribution in [1.29, 1.82) is 0 Å². The molecule has 3 heterocycles. The number of piperidine rings is 1. The molecule has 0 saturated carbocycles. The Morgan fingerprint density at radius 3 is 2.85 bits per heavy atom. The van der Waals surface area contributed by atoms with E-state index in [1.807, 2.05) is 18.2 Å². The second kappa shape index (κ2) is 6.79. The summed E-state index contributed by atoms with van der Waals surface area (Å²) in [7, 11) is 0. The van der Waals surface area contributed by atoms with E-state index in [9.17, 15) is 14.4 Å². The number of hydrogen-bond donors (Lipinski definition) is 3. The average Bonchev–Trinajstić information content (AvgIpc) is 3.17. The van der Waals surface area contributed by atoms with Gasteiger partial charge in [0.1, 0.15) is 6.04 Å². The molecule has 0 bridgehead atoms. The Labute approximate surface area is 151 Å². The molecule has 3 aliphatic heterocycles. The Balaban J connectivity index is 1.45. The summed E-state index contributed by atoms with van der Waals surface area (Å²) in [6, 6.07) is 5.30. The number of ether oxygens (including phenoxy) is 1. The highest BCUT2D eigenvalue weighted by atomic mass is 16.5. The maximum atomic E-state index is 12.8. The SMILES string of the molecule is N[C@@H]1COC[C@@H]1NCc1ccc2c(c1)C(=O)N(C1CCC(=O)NC1=O)C2. The summed E-state index contributed by atoms with van der Waals surface area (Å²) in [4.78, 5) is 37.7. The van der Waals surface area contributed by atoms with Gasteiger partial charge in [0.05, 0.1) is 13.2 Å². The molecule has 1 aromatic rings. The molecule has 0 radical (unpaired) electrons. The number of benzene rings is 1. The molecule has 2 saturated heterocycles. The number of nitrogens with one attached hydrogen (secondary N) is 2. The summed E-state index contributed by atoms with van der Waals surface area (Å²) < 4.78 is 5.34. The lowest BCUT2D eigenvalue weighted by Gasteiger charge is -2.29. The monoisotopic (exact) mass is 358 g/mol. The van der Waals surface area contributed by atoms with Crippen LogP contribution in [0.3, 0.4) is 0 Å². The number of nitrogens with two attached hydrogens (primary N) is 1. The number of rotatable bonds is 4. The van der Waals surface area contributed by atoms with Crippen LogP contribution >= 0.6 is 0 Å². The summed E-state index contributed by atoms with van der Waals surface area (Å²) >= 11 is 0. The number of nitrogens with zero attached hydrogens (tertiary/aromatic N) is 1. The van der Waals surface area contributed by atoms with E-state index in [2.05, 4.69) is 10.6 Å². The third-order valence-corrected chi connectivity index (χ3v) is 5.29. The maximum absolute atomic E-state index is 12.8. The van der Waals surface area contributed by atoms with Crippen LogP contribution in [-0.4, -0.2) is 54.0 Å². The summed E-state index contributed by atoms with van der Waals surface area (Å²) in [5.74, 6) is -0.824. The fraction of sp³-hybridized carbons (Fsp3) is 0.500. The molecule has 0 aliphatic carbocycles. The van der Waals surface area contributed by atoms with E-state index < -0.39 is 6.04 Å². The number of imide groups is 1. The van der Waals surface area contributed by atoms with E-state index in [1.165, 1.54) is 0 Å². The van der Waals surface area contributed by atoms with Gasteiger partial charge in [-0.05, 0) is 23.6 Å². The second-order valence-electron chi connectivity index (χ2n) is 7.08. The van der Waals surface area contributed by atoms with Gasteiger partial charge in [-0.15, -0.1) is 0 Å². The quantitative estimate of drug-likeness (QED) is 0.611. The first-order valence-corrected chi connectivity index (χ1v) is 8.86. The minimum absolute atomic E-state index is 0.0194. The molecule has 1 aromatic carbocycles. The lowest BCUT2D eigenvalue weighted by molar-refractivity contribution is -0.136. The van der Waals surface area contributed by atoms with Gasteiger partial charge in [0.2, 0.25) is 11.8 Å². The van der Waals surface area contributed by atoms with Gasteiger partial charge in [0.15, 0.2) is 0 Å². The lowest BCUT2D eigenvalue weighted by Crippen LogP contribution is -2.52. The van der Waals surface area contributed by atoms with Crippen LogP contribution < -0.4 is 16.4 Å². The zero-order valence-electron chi connectivity index (χ0n) is 14.4. The minimum Gasteiger partial charge on any atom is -0.378 e. The van der Waals surface area contributed by atoms with Crippen LogP contribution in [0.25, 0.3) is 0 Å². The zero-order valence-corrected chi connectivity index (χ0v) is 14.4. The van der Waals surface area contributed by atoms with Crippen molar-refractivity contribution in [3.05, 3.63) is 34.9 Å². The predicted octanol–water partition coefficient (Wildman–Crippen LogP) is -0.737. The van der Waals surface area contributed by atoms with E-state index in [1.54, 1.807) is 4.90 Å². The van der Waals surface area contributed by atoms with E-state index in [4.69, 9.17) is 10.5 Å². The van der Waals surface area contributed by atoms with E-state index in [0.29, 0.717) is 38.3 Å². The Morgan fingerprint density at radius 2 is 2.12 bits per heavy atom. The van der Waals surface area contributed by atoms with Crippen molar-refractivity contribution < 1.29 is 19.1 Å². The molecular formula is C18H22N4O4. The highest BCUT2D eigenvalue weighted by Gasteiger charge is 2.39. The van der Waals surface area contributed by atoms with Crippen molar-refractivity contribution in [1.82, 2.24) is 15.5 Å². The van der Waals surface area contributed by atoms with Gasteiger partial charge in [0, 0.05) is 37.2 Å². The van der Waals surface area contributed by atoms with Crippen LogP contribution in [0, 0.1) is 0 Å². The topological polar surface area (TPSA) is 114 Å². The highest BCUT2D eigenvalue weighted by molar-refractivity contribution is 6.05. The molecule has 4 N–H and O–H groups in total. The molecule has 3 atom stereocenters. The number of carbonyl (C=O) groups excluding carboxylic acids is 3. The van der Waals surface area contributed by atoms with Crippen molar-refractivity contribution >= 4 is 17.7 Å². The zero-order chi connectivity index (χ0) is 18.3. The Kier molecular flexibility index (Phi) is 4.47. The standard InChI is InChI=1S/C18H22N4O4/c19-13-8-26-9-14(13)20-6-10-1-2-11-7-22(18(25)12(11)5-10)15-3-4-16(23)21-17(15)24/h1-2,5,13-15,20H,3-4,6-9,19H2,(H,21,23,24)/t13-,14+,15?/m1/s1. The number of carbonyl (C=O) groups is 3. The van der Waals surface area contributed by atoms with Gasteiger partial charge in [-0.25, -0.2) is 0 Å². The van der Waals surface area contributed by atoms with Gasteiger partial charge in [0.25, 0.3) is 5.91 Å². The third kappa shape index (κ3) is 3.11. The largest absolute Gasteiger partial charge is 0.378 e. The van der Waals surface area contributed by atoms with E-state index in [0.717, 1.165) is 11.1 Å². The highest BCUT2D eigenvalue weighted by Crippen LogP contribution is 2.28. The molecule has 3 aliphatic rings. The molecular weight excluding hydrogens is 336 g/mol.